The van der Waals surface area contributed by atoms with E-state index in [9.17, 15) is 18.0 Å². The van der Waals surface area contributed by atoms with Crippen LogP contribution in [0.4, 0.5) is 13.2 Å². The molecule has 0 radical (unpaired) electrons. The molecule has 6 heteroatoms. The minimum absolute atomic E-state index is 0.0745. The maximum Gasteiger partial charge on any atom is 0.416 e. The first-order valence-electron chi connectivity index (χ1n) is 4.85. The zero-order valence-electron chi connectivity index (χ0n) is 8.66. The lowest BCUT2D eigenvalue weighted by molar-refractivity contribution is -0.137. The number of alkyl halides is 3. The lowest BCUT2D eigenvalue weighted by Crippen LogP contribution is -2.16. The van der Waals surface area contributed by atoms with Crippen LogP contribution in [0.15, 0.2) is 35.3 Å². The highest BCUT2D eigenvalue weighted by Gasteiger charge is 2.30. The van der Waals surface area contributed by atoms with E-state index in [0.29, 0.717) is 5.56 Å². The summed E-state index contributed by atoms with van der Waals surface area (Å²) in [6.45, 7) is 0.0745. The predicted octanol–water partition coefficient (Wildman–Crippen LogP) is 1.78. The average molecular weight is 242 g/mol. The Kier molecular flexibility index (Phi) is 2.66. The highest BCUT2D eigenvalue weighted by Crippen LogP contribution is 2.29. The van der Waals surface area contributed by atoms with Gasteiger partial charge in [-0.05, 0) is 17.7 Å². The van der Waals surface area contributed by atoms with Gasteiger partial charge in [0.1, 0.15) is 0 Å². The summed E-state index contributed by atoms with van der Waals surface area (Å²) >= 11 is 0. The molecule has 2 aromatic heterocycles. The third kappa shape index (κ3) is 2.03. The topological polar surface area (TPSA) is 47.5 Å². The van der Waals surface area contributed by atoms with Gasteiger partial charge < -0.3 is 5.73 Å². The van der Waals surface area contributed by atoms with Gasteiger partial charge in [0.2, 0.25) is 0 Å². The van der Waals surface area contributed by atoms with Crippen molar-refractivity contribution in [1.82, 2.24) is 4.40 Å². The standard InChI is InChI=1S/C11H9F3N2O/c12-11(13,14)8-3-4-16-9(5-8)7(6-15)1-2-10(16)17/h1-5H,6,15H2. The molecule has 2 aromatic rings. The van der Waals surface area contributed by atoms with Gasteiger partial charge in [-0.1, -0.05) is 6.07 Å². The van der Waals surface area contributed by atoms with E-state index in [2.05, 4.69) is 0 Å². The number of rotatable bonds is 1. The Labute approximate surface area is 94.3 Å². The Hall–Kier alpha value is -1.82. The molecule has 3 nitrogen and oxygen atoms in total. The van der Waals surface area contributed by atoms with Gasteiger partial charge in [0.25, 0.3) is 5.56 Å². The summed E-state index contributed by atoms with van der Waals surface area (Å²) in [7, 11) is 0. The molecule has 2 rings (SSSR count). The van der Waals surface area contributed by atoms with Gasteiger partial charge in [-0.2, -0.15) is 13.2 Å². The molecule has 0 amide bonds. The first-order valence-corrected chi connectivity index (χ1v) is 4.85. The van der Waals surface area contributed by atoms with Crippen molar-refractivity contribution in [3.8, 4) is 0 Å². The molecule has 2 heterocycles. The summed E-state index contributed by atoms with van der Waals surface area (Å²) < 4.78 is 38.8. The third-order valence-corrected chi connectivity index (χ3v) is 2.50. The van der Waals surface area contributed by atoms with Crippen LogP contribution in [0, 0.1) is 0 Å². The van der Waals surface area contributed by atoms with Crippen LogP contribution in [0.2, 0.25) is 0 Å². The van der Waals surface area contributed by atoms with Gasteiger partial charge in [0, 0.05) is 18.8 Å². The minimum atomic E-state index is -4.43. The zero-order valence-corrected chi connectivity index (χ0v) is 8.66. The summed E-state index contributed by atoms with van der Waals surface area (Å²) in [6.07, 6.45) is -3.32. The van der Waals surface area contributed by atoms with Crippen molar-refractivity contribution in [2.75, 3.05) is 0 Å². The van der Waals surface area contributed by atoms with Crippen LogP contribution in [0.3, 0.4) is 0 Å². The molecule has 90 valence electrons. The second-order valence-corrected chi connectivity index (χ2v) is 3.57. The fourth-order valence-corrected chi connectivity index (χ4v) is 1.63. The van der Waals surface area contributed by atoms with Crippen molar-refractivity contribution in [3.05, 3.63) is 51.9 Å². The molecule has 2 N–H and O–H groups in total. The number of nitrogens with zero attached hydrogens (tertiary/aromatic N) is 1. The van der Waals surface area contributed by atoms with Crippen LogP contribution in [0.1, 0.15) is 11.1 Å². The van der Waals surface area contributed by atoms with Gasteiger partial charge in [0.15, 0.2) is 0 Å². The van der Waals surface area contributed by atoms with Crippen LogP contribution in [0.25, 0.3) is 5.52 Å². The smallest absolute Gasteiger partial charge is 0.326 e. The van der Waals surface area contributed by atoms with Crippen molar-refractivity contribution in [2.45, 2.75) is 12.7 Å². The van der Waals surface area contributed by atoms with Crippen molar-refractivity contribution in [2.24, 2.45) is 5.73 Å². The maximum atomic E-state index is 12.5. The third-order valence-electron chi connectivity index (χ3n) is 2.50. The Balaban J connectivity index is 2.80. The monoisotopic (exact) mass is 242 g/mol. The number of hydrogen-bond acceptors (Lipinski definition) is 2. The van der Waals surface area contributed by atoms with Gasteiger partial charge >= 0.3 is 6.18 Å². The molecule has 0 spiro atoms. The number of aromatic nitrogens is 1. The quantitative estimate of drug-likeness (QED) is 0.828. The number of pyridine rings is 2. The van der Waals surface area contributed by atoms with Crippen LogP contribution >= 0.6 is 0 Å². The second-order valence-electron chi connectivity index (χ2n) is 3.57. The Morgan fingerprint density at radius 2 is 1.94 bits per heavy atom. The molecule has 0 aromatic carbocycles. The van der Waals surface area contributed by atoms with Gasteiger partial charge in [-0.15, -0.1) is 0 Å². The molecule has 0 atom stereocenters. The average Bonchev–Trinajstić information content (AvgIpc) is 2.28. The van der Waals surface area contributed by atoms with Crippen LogP contribution in [-0.2, 0) is 12.7 Å². The molecule has 17 heavy (non-hydrogen) atoms. The van der Waals surface area contributed by atoms with Gasteiger partial charge in [-0.3, -0.25) is 9.20 Å². The first kappa shape index (κ1) is 11.7. The summed E-state index contributed by atoms with van der Waals surface area (Å²) in [4.78, 5) is 11.4. The lowest BCUT2D eigenvalue weighted by Gasteiger charge is -2.10. The molecule has 0 saturated heterocycles. The predicted molar refractivity (Wildman–Crippen MR) is 56.6 cm³/mol. The Morgan fingerprint density at radius 3 is 2.53 bits per heavy atom. The molecule has 0 aliphatic rings. The van der Waals surface area contributed by atoms with Crippen LogP contribution in [-0.4, -0.2) is 4.40 Å². The number of nitrogens with two attached hydrogens (primary N) is 1. The maximum absolute atomic E-state index is 12.5. The van der Waals surface area contributed by atoms with E-state index in [1.165, 1.54) is 12.1 Å². The van der Waals surface area contributed by atoms with E-state index < -0.39 is 11.7 Å². The fourth-order valence-electron chi connectivity index (χ4n) is 1.63. The van der Waals surface area contributed by atoms with E-state index in [4.69, 9.17) is 5.73 Å². The molecule has 0 aliphatic carbocycles. The highest BCUT2D eigenvalue weighted by molar-refractivity contribution is 5.56. The molecule has 0 saturated carbocycles. The van der Waals surface area contributed by atoms with E-state index >= 15 is 0 Å². The number of halogens is 3. The Bertz CT molecular complexity index is 616. The first-order chi connectivity index (χ1) is 7.93. The largest absolute Gasteiger partial charge is 0.416 e. The van der Waals surface area contributed by atoms with E-state index in [0.717, 1.165) is 22.7 Å². The lowest BCUT2D eigenvalue weighted by atomic mass is 10.1. The summed E-state index contributed by atoms with van der Waals surface area (Å²) in [5, 5.41) is 0. The highest BCUT2D eigenvalue weighted by atomic mass is 19.4. The normalized spacial score (nSPS) is 12.0. The molecular weight excluding hydrogens is 233 g/mol. The van der Waals surface area contributed by atoms with Crippen molar-refractivity contribution < 1.29 is 13.2 Å². The minimum Gasteiger partial charge on any atom is -0.326 e. The van der Waals surface area contributed by atoms with Gasteiger partial charge in [0.05, 0.1) is 11.1 Å². The fraction of sp³-hybridized carbons (Fsp3) is 0.182. The van der Waals surface area contributed by atoms with Crippen LogP contribution in [0.5, 0.6) is 0 Å². The number of hydrogen-bond donors (Lipinski definition) is 1. The van der Waals surface area contributed by atoms with E-state index in [1.807, 2.05) is 0 Å². The summed E-state index contributed by atoms with van der Waals surface area (Å²) in [6, 6.07) is 4.53. The van der Waals surface area contributed by atoms with E-state index in [1.54, 1.807) is 0 Å². The molecule has 0 bridgehead atoms. The van der Waals surface area contributed by atoms with Crippen molar-refractivity contribution in [3.63, 3.8) is 0 Å². The number of fused-ring (bicyclic) bond motifs is 1. The molecular formula is C11H9F3N2O. The Morgan fingerprint density at radius 1 is 1.24 bits per heavy atom. The molecule has 0 unspecified atom stereocenters. The van der Waals surface area contributed by atoms with Crippen molar-refractivity contribution in [1.29, 1.82) is 0 Å². The second kappa shape index (κ2) is 3.89. The van der Waals surface area contributed by atoms with Crippen molar-refractivity contribution >= 4 is 5.52 Å². The molecule has 0 aliphatic heterocycles. The van der Waals surface area contributed by atoms with Crippen LogP contribution < -0.4 is 11.3 Å². The zero-order chi connectivity index (χ0) is 12.6. The summed E-state index contributed by atoms with van der Waals surface area (Å²) in [5.41, 5.74) is 4.94. The van der Waals surface area contributed by atoms with E-state index in [-0.39, 0.29) is 17.6 Å². The SMILES string of the molecule is NCc1ccc(=O)n2ccc(C(F)(F)F)cc12. The van der Waals surface area contributed by atoms with Gasteiger partial charge in [-0.25, -0.2) is 0 Å². The molecule has 0 fully saturated rings. The summed E-state index contributed by atoms with van der Waals surface area (Å²) in [5.74, 6) is 0.